The quantitative estimate of drug-likeness (QED) is 0.705. The monoisotopic (exact) mass is 274 g/mol. The lowest BCUT2D eigenvalue weighted by Crippen LogP contribution is -1.94. The van der Waals surface area contributed by atoms with Crippen LogP contribution in [0.15, 0.2) is 54.6 Å². The molecule has 0 atom stereocenters. The Hall–Kier alpha value is -2.99. The van der Waals surface area contributed by atoms with Crippen molar-refractivity contribution in [1.29, 1.82) is 5.26 Å². The summed E-state index contributed by atoms with van der Waals surface area (Å²) in [6.07, 6.45) is 0. The molecule has 0 unspecified atom stereocenters. The third-order valence-electron chi connectivity index (χ3n) is 3.39. The van der Waals surface area contributed by atoms with E-state index in [1.807, 2.05) is 49.4 Å². The molecule has 3 aromatic rings. The molecule has 2 N–H and O–H groups in total. The van der Waals surface area contributed by atoms with Gasteiger partial charge in [0.2, 0.25) is 0 Å². The van der Waals surface area contributed by atoms with Crippen molar-refractivity contribution in [1.82, 2.24) is 0 Å². The van der Waals surface area contributed by atoms with Gasteiger partial charge in [0.05, 0.1) is 17.3 Å². The van der Waals surface area contributed by atoms with Gasteiger partial charge in [-0.3, -0.25) is 0 Å². The number of nitriles is 1. The average molecular weight is 274 g/mol. The number of nitrogens with zero attached hydrogens (tertiary/aromatic N) is 1. The summed E-state index contributed by atoms with van der Waals surface area (Å²) in [6, 6.07) is 19.2. The molecule has 0 aliphatic carbocycles. The minimum absolute atomic E-state index is 0.600. The van der Waals surface area contributed by atoms with Crippen LogP contribution in [-0.2, 0) is 0 Å². The zero-order valence-electron chi connectivity index (χ0n) is 11.6. The first-order valence-electron chi connectivity index (χ1n) is 6.65. The van der Waals surface area contributed by atoms with Crippen molar-refractivity contribution < 1.29 is 4.74 Å². The Morgan fingerprint density at radius 3 is 2.38 bits per heavy atom. The molecule has 3 nitrogen and oxygen atoms in total. The number of hydrogen-bond acceptors (Lipinski definition) is 3. The van der Waals surface area contributed by atoms with Crippen molar-refractivity contribution in [3.63, 3.8) is 0 Å². The van der Waals surface area contributed by atoms with E-state index in [-0.39, 0.29) is 0 Å². The van der Waals surface area contributed by atoms with Crippen LogP contribution in [0.25, 0.3) is 10.8 Å². The van der Waals surface area contributed by atoms with E-state index < -0.39 is 0 Å². The van der Waals surface area contributed by atoms with Gasteiger partial charge in [-0.2, -0.15) is 5.26 Å². The van der Waals surface area contributed by atoms with Crippen molar-refractivity contribution in [3.05, 3.63) is 65.7 Å². The van der Waals surface area contributed by atoms with Crippen molar-refractivity contribution in [2.24, 2.45) is 0 Å². The fraction of sp³-hybridized carbons (Fsp3) is 0.0556. The molecule has 0 spiro atoms. The molecule has 0 amide bonds. The number of benzene rings is 3. The van der Waals surface area contributed by atoms with E-state index in [2.05, 4.69) is 6.07 Å². The molecule has 0 saturated carbocycles. The molecule has 3 heteroatoms. The highest BCUT2D eigenvalue weighted by Gasteiger charge is 2.09. The van der Waals surface area contributed by atoms with E-state index in [0.717, 1.165) is 16.3 Å². The molecule has 0 aliphatic rings. The zero-order chi connectivity index (χ0) is 14.8. The molecule has 0 saturated heterocycles. The van der Waals surface area contributed by atoms with Gasteiger partial charge in [0.25, 0.3) is 0 Å². The summed E-state index contributed by atoms with van der Waals surface area (Å²) in [5, 5.41) is 11.0. The normalized spacial score (nSPS) is 10.3. The predicted octanol–water partition coefficient (Wildman–Crippen LogP) is 4.39. The van der Waals surface area contributed by atoms with Crippen molar-refractivity contribution in [3.8, 4) is 17.6 Å². The Labute approximate surface area is 123 Å². The highest BCUT2D eigenvalue weighted by atomic mass is 16.5. The molecule has 102 valence electrons. The lowest BCUT2D eigenvalue weighted by molar-refractivity contribution is 0.490. The fourth-order valence-electron chi connectivity index (χ4n) is 2.34. The fourth-order valence-corrected chi connectivity index (χ4v) is 2.34. The molecule has 3 rings (SSSR count). The first-order valence-corrected chi connectivity index (χ1v) is 6.65. The third kappa shape index (κ3) is 2.39. The van der Waals surface area contributed by atoms with Crippen molar-refractivity contribution in [2.45, 2.75) is 6.92 Å². The largest absolute Gasteiger partial charge is 0.455 e. The first kappa shape index (κ1) is 13.0. The summed E-state index contributed by atoms with van der Waals surface area (Å²) < 4.78 is 5.94. The summed E-state index contributed by atoms with van der Waals surface area (Å²) in [7, 11) is 0. The highest BCUT2D eigenvalue weighted by Crippen LogP contribution is 2.34. The maximum Gasteiger partial charge on any atom is 0.150 e. The van der Waals surface area contributed by atoms with Gasteiger partial charge in [-0.05, 0) is 36.8 Å². The van der Waals surface area contributed by atoms with Gasteiger partial charge >= 0.3 is 0 Å². The minimum atomic E-state index is 0.600. The number of hydrogen-bond donors (Lipinski definition) is 1. The van der Waals surface area contributed by atoms with E-state index in [1.54, 1.807) is 12.1 Å². The van der Waals surface area contributed by atoms with Gasteiger partial charge in [0.1, 0.15) is 11.5 Å². The van der Waals surface area contributed by atoms with Crippen LogP contribution >= 0.6 is 0 Å². The Morgan fingerprint density at radius 2 is 1.67 bits per heavy atom. The van der Waals surface area contributed by atoms with Crippen LogP contribution in [0.4, 0.5) is 5.69 Å². The molecule has 0 aromatic heterocycles. The van der Waals surface area contributed by atoms with E-state index in [9.17, 15) is 5.26 Å². The molecule has 0 fully saturated rings. The van der Waals surface area contributed by atoms with Crippen LogP contribution in [-0.4, -0.2) is 0 Å². The molecule has 0 heterocycles. The maximum atomic E-state index is 9.18. The number of anilines is 1. The van der Waals surface area contributed by atoms with Crippen LogP contribution in [0.2, 0.25) is 0 Å². The summed E-state index contributed by atoms with van der Waals surface area (Å²) in [6.45, 7) is 1.98. The second kappa shape index (κ2) is 5.18. The summed E-state index contributed by atoms with van der Waals surface area (Å²) >= 11 is 0. The van der Waals surface area contributed by atoms with Gasteiger partial charge < -0.3 is 10.5 Å². The van der Waals surface area contributed by atoms with Gasteiger partial charge in [0.15, 0.2) is 0 Å². The van der Waals surface area contributed by atoms with Crippen LogP contribution < -0.4 is 10.5 Å². The number of ether oxygens (including phenoxy) is 1. The number of aryl methyl sites for hydroxylation is 1. The molecular weight excluding hydrogens is 260 g/mol. The third-order valence-corrected chi connectivity index (χ3v) is 3.39. The Morgan fingerprint density at radius 1 is 0.952 bits per heavy atom. The highest BCUT2D eigenvalue weighted by molar-refractivity contribution is 5.93. The second-order valence-corrected chi connectivity index (χ2v) is 4.91. The Balaban J connectivity index is 2.12. The molecular formula is C18H14N2O. The molecule has 21 heavy (non-hydrogen) atoms. The number of nitrogens with two attached hydrogens (primary N) is 1. The predicted molar refractivity (Wildman–Crippen MR) is 84.3 cm³/mol. The number of rotatable bonds is 2. The maximum absolute atomic E-state index is 9.18. The van der Waals surface area contributed by atoms with Gasteiger partial charge in [-0.1, -0.05) is 30.3 Å². The SMILES string of the molecule is Cc1ccc(Oc2ccc(C#N)c3ccccc23)c(N)c1. The van der Waals surface area contributed by atoms with Gasteiger partial charge in [-0.15, -0.1) is 0 Å². The molecule has 0 radical (unpaired) electrons. The van der Waals surface area contributed by atoms with Crippen LogP contribution in [0, 0.1) is 18.3 Å². The average Bonchev–Trinajstić information content (AvgIpc) is 2.50. The van der Waals surface area contributed by atoms with Crippen molar-refractivity contribution in [2.75, 3.05) is 5.73 Å². The van der Waals surface area contributed by atoms with E-state index in [4.69, 9.17) is 10.5 Å². The molecule has 0 bridgehead atoms. The van der Waals surface area contributed by atoms with Crippen LogP contribution in [0.5, 0.6) is 11.5 Å². The topological polar surface area (TPSA) is 59.0 Å². The van der Waals surface area contributed by atoms with E-state index in [0.29, 0.717) is 22.7 Å². The summed E-state index contributed by atoms with van der Waals surface area (Å²) in [4.78, 5) is 0. The summed E-state index contributed by atoms with van der Waals surface area (Å²) in [5.41, 5.74) is 8.31. The van der Waals surface area contributed by atoms with E-state index >= 15 is 0 Å². The van der Waals surface area contributed by atoms with Gasteiger partial charge in [-0.25, -0.2) is 0 Å². The van der Waals surface area contributed by atoms with Crippen molar-refractivity contribution >= 4 is 16.5 Å². The second-order valence-electron chi connectivity index (χ2n) is 4.91. The number of nitrogen functional groups attached to an aromatic ring is 1. The van der Waals surface area contributed by atoms with Crippen LogP contribution in [0.3, 0.4) is 0 Å². The Bertz CT molecular complexity index is 863. The van der Waals surface area contributed by atoms with Gasteiger partial charge in [0, 0.05) is 10.8 Å². The number of fused-ring (bicyclic) bond motifs is 1. The molecule has 3 aromatic carbocycles. The Kier molecular flexibility index (Phi) is 3.21. The standard InChI is InChI=1S/C18H14N2O/c1-12-6-8-18(16(20)10-12)21-17-9-7-13(11-19)14-4-2-3-5-15(14)17/h2-10H,20H2,1H3. The minimum Gasteiger partial charge on any atom is -0.455 e. The van der Waals surface area contributed by atoms with Crippen LogP contribution in [0.1, 0.15) is 11.1 Å². The molecule has 0 aliphatic heterocycles. The zero-order valence-corrected chi connectivity index (χ0v) is 11.6. The summed E-state index contributed by atoms with van der Waals surface area (Å²) in [5.74, 6) is 1.32. The smallest absolute Gasteiger partial charge is 0.150 e. The first-order chi connectivity index (χ1) is 10.2. The van der Waals surface area contributed by atoms with E-state index in [1.165, 1.54) is 0 Å². The lowest BCUT2D eigenvalue weighted by atomic mass is 10.0. The lowest BCUT2D eigenvalue weighted by Gasteiger charge is -2.12.